The Balaban J connectivity index is 0.00000220. The van der Waals surface area contributed by atoms with Crippen molar-refractivity contribution < 1.29 is 18.3 Å². The van der Waals surface area contributed by atoms with Crippen LogP contribution in [0.1, 0.15) is 16.8 Å². The van der Waals surface area contributed by atoms with Crippen molar-refractivity contribution >= 4 is 39.7 Å². The molecule has 21 heavy (non-hydrogen) atoms. The smallest absolute Gasteiger partial charge is 0.250 e. The van der Waals surface area contributed by atoms with Gasteiger partial charge >= 0.3 is 0 Å². The molecule has 1 aliphatic rings. The number of thiophene rings is 1. The predicted octanol–water partition coefficient (Wildman–Crippen LogP) is -0.482. The number of carbonyl (C=O) groups is 1. The highest BCUT2D eigenvalue weighted by molar-refractivity contribution is 7.91. The highest BCUT2D eigenvalue weighted by Gasteiger charge is 2.25. The third kappa shape index (κ3) is 4.63. The van der Waals surface area contributed by atoms with Crippen LogP contribution in [0, 0.1) is 5.92 Å². The average Bonchev–Trinajstić information content (AvgIpc) is 2.88. The lowest BCUT2D eigenvalue weighted by Crippen LogP contribution is -2.45. The zero-order valence-electron chi connectivity index (χ0n) is 11.1. The highest BCUT2D eigenvalue weighted by atomic mass is 35.5. The van der Waals surface area contributed by atoms with Crippen molar-refractivity contribution in [1.82, 2.24) is 10.0 Å². The highest BCUT2D eigenvalue weighted by Crippen LogP contribution is 2.20. The number of piperidine rings is 1. The quantitative estimate of drug-likeness (QED) is 0.568. The molecule has 0 spiro atoms. The molecule has 1 saturated heterocycles. The number of amides is 1. The van der Waals surface area contributed by atoms with Crippen molar-refractivity contribution in [3.8, 4) is 0 Å². The molecule has 7 nitrogen and oxygen atoms in total. The molecule has 10 heteroatoms. The first-order chi connectivity index (χ1) is 9.40. The molecule has 2 heterocycles. The molecule has 0 aliphatic carbocycles. The van der Waals surface area contributed by atoms with E-state index in [1.807, 2.05) is 0 Å². The van der Waals surface area contributed by atoms with Crippen LogP contribution in [0.5, 0.6) is 0 Å². The fraction of sp³-hybridized carbons (Fsp3) is 0.545. The summed E-state index contributed by atoms with van der Waals surface area (Å²) in [4.78, 5) is 11.0. The summed E-state index contributed by atoms with van der Waals surface area (Å²) >= 11 is 0.946. The zero-order chi connectivity index (χ0) is 14.8. The maximum atomic E-state index is 12.1. The van der Waals surface area contributed by atoms with E-state index in [4.69, 9.17) is 5.73 Å². The summed E-state index contributed by atoms with van der Waals surface area (Å²) < 4.78 is 26.7. The normalized spacial score (nSPS) is 22.5. The van der Waals surface area contributed by atoms with E-state index in [0.717, 1.165) is 17.9 Å². The number of sulfonamides is 1. The predicted molar refractivity (Wildman–Crippen MR) is 82.3 cm³/mol. The number of aliphatic hydroxyl groups is 1. The third-order valence-corrected chi connectivity index (χ3v) is 6.11. The van der Waals surface area contributed by atoms with Crippen LogP contribution in [0.15, 0.2) is 15.7 Å². The van der Waals surface area contributed by atoms with Crippen LogP contribution in [0.4, 0.5) is 0 Å². The van der Waals surface area contributed by atoms with Crippen molar-refractivity contribution in [2.45, 2.75) is 16.7 Å². The Labute approximate surface area is 133 Å². The Bertz CT molecular complexity index is 590. The van der Waals surface area contributed by atoms with Crippen molar-refractivity contribution in [3.05, 3.63) is 17.0 Å². The van der Waals surface area contributed by atoms with E-state index < -0.39 is 22.0 Å². The number of β-amino-alcohol motifs (C(OH)–C–C–N with tert-alkyl or cyclic N) is 1. The lowest BCUT2D eigenvalue weighted by molar-refractivity contribution is 0.0844. The van der Waals surface area contributed by atoms with Gasteiger partial charge in [-0.1, -0.05) is 0 Å². The summed E-state index contributed by atoms with van der Waals surface area (Å²) in [5.74, 6) is -0.766. The summed E-state index contributed by atoms with van der Waals surface area (Å²) in [5.41, 5.74) is 5.27. The zero-order valence-corrected chi connectivity index (χ0v) is 13.6. The van der Waals surface area contributed by atoms with Gasteiger partial charge in [0.05, 0.1) is 11.7 Å². The number of rotatable bonds is 5. The second-order valence-corrected chi connectivity index (χ2v) is 7.60. The molecule has 0 unspecified atom stereocenters. The van der Waals surface area contributed by atoms with E-state index >= 15 is 0 Å². The van der Waals surface area contributed by atoms with Gasteiger partial charge in [-0.25, -0.2) is 13.1 Å². The Morgan fingerprint density at radius 3 is 2.86 bits per heavy atom. The van der Waals surface area contributed by atoms with Crippen LogP contribution >= 0.6 is 23.7 Å². The van der Waals surface area contributed by atoms with Gasteiger partial charge in [0.2, 0.25) is 15.9 Å². The van der Waals surface area contributed by atoms with Gasteiger partial charge in [-0.2, -0.15) is 0 Å². The Morgan fingerprint density at radius 2 is 2.29 bits per heavy atom. The molecular formula is C11H18ClN3O4S2. The van der Waals surface area contributed by atoms with Gasteiger partial charge in [0.25, 0.3) is 0 Å². The van der Waals surface area contributed by atoms with E-state index in [1.54, 1.807) is 0 Å². The first-order valence-corrected chi connectivity index (χ1v) is 8.53. The molecular weight excluding hydrogens is 338 g/mol. The number of hydrogen-bond donors (Lipinski definition) is 4. The fourth-order valence-electron chi connectivity index (χ4n) is 2.01. The van der Waals surface area contributed by atoms with E-state index in [-0.39, 0.29) is 34.6 Å². The van der Waals surface area contributed by atoms with Crippen molar-refractivity contribution in [3.63, 3.8) is 0 Å². The van der Waals surface area contributed by atoms with Gasteiger partial charge < -0.3 is 16.2 Å². The van der Waals surface area contributed by atoms with Crippen molar-refractivity contribution in [1.29, 1.82) is 0 Å². The minimum absolute atomic E-state index is 0. The number of primary amides is 1. The second-order valence-electron chi connectivity index (χ2n) is 4.69. The van der Waals surface area contributed by atoms with Crippen LogP contribution < -0.4 is 15.8 Å². The number of carbonyl (C=O) groups excluding carboxylic acids is 1. The number of nitrogens with two attached hydrogens (primary N) is 1. The van der Waals surface area contributed by atoms with Gasteiger partial charge in [0.1, 0.15) is 4.21 Å². The maximum Gasteiger partial charge on any atom is 0.250 e. The maximum absolute atomic E-state index is 12.1. The number of halogens is 1. The fourth-order valence-corrected chi connectivity index (χ4v) is 4.32. The van der Waals surface area contributed by atoms with Crippen LogP contribution in [0.3, 0.4) is 0 Å². The van der Waals surface area contributed by atoms with Crippen LogP contribution in [-0.2, 0) is 10.0 Å². The summed E-state index contributed by atoms with van der Waals surface area (Å²) in [5, 5.41) is 14.2. The van der Waals surface area contributed by atoms with Crippen molar-refractivity contribution in [2.24, 2.45) is 11.7 Å². The minimum Gasteiger partial charge on any atom is -0.391 e. The van der Waals surface area contributed by atoms with E-state index in [2.05, 4.69) is 10.0 Å². The molecule has 2 atom stereocenters. The number of aliphatic hydroxyl groups excluding tert-OH is 1. The summed E-state index contributed by atoms with van der Waals surface area (Å²) in [6, 6.07) is 1.26. The molecule has 5 N–H and O–H groups in total. The summed E-state index contributed by atoms with van der Waals surface area (Å²) in [6.45, 7) is 1.40. The first-order valence-electron chi connectivity index (χ1n) is 6.17. The Hall–Kier alpha value is -0.710. The van der Waals surface area contributed by atoms with E-state index in [9.17, 15) is 18.3 Å². The van der Waals surface area contributed by atoms with Crippen LogP contribution in [0.25, 0.3) is 0 Å². The molecule has 0 aromatic carbocycles. The number of hydrogen-bond acceptors (Lipinski definition) is 6. The molecule has 0 bridgehead atoms. The molecule has 120 valence electrons. The SMILES string of the molecule is Cl.NC(=O)c1csc(S(=O)(=O)NC[C@@H]2CCNC[C@H]2O)c1. The summed E-state index contributed by atoms with van der Waals surface area (Å²) in [6.07, 6.45) is 0.150. The standard InChI is InChI=1S/C11H17N3O4S2.ClH/c12-11(16)8-3-10(19-6-8)20(17,18)14-4-7-1-2-13-5-9(7)15;/h3,6-7,9,13-15H,1-2,4-5H2,(H2,12,16);1H/t7-,9+;/m0./s1. The molecule has 1 amide bonds. The number of nitrogens with one attached hydrogen (secondary N) is 2. The van der Waals surface area contributed by atoms with Crippen LogP contribution in [-0.4, -0.2) is 45.2 Å². The third-order valence-electron chi connectivity index (χ3n) is 3.25. The Kier molecular flexibility index (Phi) is 6.57. The topological polar surface area (TPSA) is 122 Å². The molecule has 1 aliphatic heterocycles. The molecule has 0 radical (unpaired) electrons. The van der Waals surface area contributed by atoms with Gasteiger partial charge in [0.15, 0.2) is 0 Å². The molecule has 1 fully saturated rings. The van der Waals surface area contributed by atoms with Gasteiger partial charge in [-0.15, -0.1) is 23.7 Å². The molecule has 2 rings (SSSR count). The Morgan fingerprint density at radius 1 is 1.57 bits per heavy atom. The van der Waals surface area contributed by atoms with Gasteiger partial charge in [-0.05, 0) is 19.0 Å². The van der Waals surface area contributed by atoms with Gasteiger partial charge in [-0.3, -0.25) is 4.79 Å². The van der Waals surface area contributed by atoms with E-state index in [0.29, 0.717) is 13.0 Å². The second kappa shape index (κ2) is 7.52. The van der Waals surface area contributed by atoms with Crippen molar-refractivity contribution in [2.75, 3.05) is 19.6 Å². The molecule has 1 aromatic rings. The first kappa shape index (κ1) is 18.3. The summed E-state index contributed by atoms with van der Waals surface area (Å²) in [7, 11) is -3.67. The lowest BCUT2D eigenvalue weighted by Gasteiger charge is -2.28. The van der Waals surface area contributed by atoms with Gasteiger partial charge in [0, 0.05) is 24.4 Å². The van der Waals surface area contributed by atoms with Crippen LogP contribution in [0.2, 0.25) is 0 Å². The average molecular weight is 356 g/mol. The molecule has 0 saturated carbocycles. The largest absolute Gasteiger partial charge is 0.391 e. The molecule has 1 aromatic heterocycles. The lowest BCUT2D eigenvalue weighted by atomic mass is 9.96. The monoisotopic (exact) mass is 355 g/mol. The minimum atomic E-state index is -3.67. The van der Waals surface area contributed by atoms with E-state index in [1.165, 1.54) is 11.4 Å².